The number of hydrogen-bond donors (Lipinski definition) is 2. The van der Waals surface area contributed by atoms with Crippen LogP contribution in [-0.2, 0) is 9.53 Å². The van der Waals surface area contributed by atoms with E-state index in [-0.39, 0.29) is 11.9 Å². The van der Waals surface area contributed by atoms with Gasteiger partial charge < -0.3 is 15.8 Å². The Bertz CT molecular complexity index is 181. The van der Waals surface area contributed by atoms with Crippen molar-refractivity contribution in [1.29, 1.82) is 0 Å². The van der Waals surface area contributed by atoms with Crippen LogP contribution >= 0.6 is 0 Å². The summed E-state index contributed by atoms with van der Waals surface area (Å²) in [6.45, 7) is 3.72. The first-order valence-electron chi connectivity index (χ1n) is 5.29. The van der Waals surface area contributed by atoms with Crippen molar-refractivity contribution in [2.24, 2.45) is 11.7 Å². The fourth-order valence-corrected chi connectivity index (χ4v) is 1.11. The first-order valence-corrected chi connectivity index (χ1v) is 5.29. The molecule has 4 heteroatoms. The number of nitrogens with one attached hydrogen (secondary N) is 1. The lowest BCUT2D eigenvalue weighted by Crippen LogP contribution is -2.38. The summed E-state index contributed by atoms with van der Waals surface area (Å²) < 4.78 is 5.35. The van der Waals surface area contributed by atoms with E-state index in [0.717, 1.165) is 12.5 Å². The SMILES string of the molecule is C[C@H](CN)NC(=O)CCOCC1CC1. The molecule has 0 radical (unpaired) electrons. The zero-order chi connectivity index (χ0) is 10.4. The van der Waals surface area contributed by atoms with Crippen molar-refractivity contribution < 1.29 is 9.53 Å². The van der Waals surface area contributed by atoms with Crippen molar-refractivity contribution in [3.8, 4) is 0 Å². The highest BCUT2D eigenvalue weighted by atomic mass is 16.5. The Morgan fingerprint density at radius 3 is 2.93 bits per heavy atom. The van der Waals surface area contributed by atoms with Crippen LogP contribution in [0.3, 0.4) is 0 Å². The van der Waals surface area contributed by atoms with Crippen LogP contribution in [0.25, 0.3) is 0 Å². The monoisotopic (exact) mass is 200 g/mol. The number of carbonyl (C=O) groups is 1. The molecule has 0 aliphatic heterocycles. The quantitative estimate of drug-likeness (QED) is 0.580. The number of amides is 1. The molecular formula is C10H20N2O2. The van der Waals surface area contributed by atoms with E-state index in [9.17, 15) is 4.79 Å². The summed E-state index contributed by atoms with van der Waals surface area (Å²) in [7, 11) is 0. The van der Waals surface area contributed by atoms with Gasteiger partial charge >= 0.3 is 0 Å². The van der Waals surface area contributed by atoms with Crippen LogP contribution in [0.2, 0.25) is 0 Å². The third kappa shape index (κ3) is 5.19. The van der Waals surface area contributed by atoms with Gasteiger partial charge in [0.15, 0.2) is 0 Å². The number of carbonyl (C=O) groups excluding carboxylic acids is 1. The first-order chi connectivity index (χ1) is 6.72. The van der Waals surface area contributed by atoms with E-state index >= 15 is 0 Å². The predicted octanol–water partition coefficient (Wildman–Crippen LogP) is 0.267. The van der Waals surface area contributed by atoms with Crippen molar-refractivity contribution in [2.75, 3.05) is 19.8 Å². The highest BCUT2D eigenvalue weighted by Crippen LogP contribution is 2.28. The fourth-order valence-electron chi connectivity index (χ4n) is 1.11. The molecule has 1 rings (SSSR count). The van der Waals surface area contributed by atoms with Crippen molar-refractivity contribution >= 4 is 5.91 Å². The molecule has 14 heavy (non-hydrogen) atoms. The molecule has 0 aromatic carbocycles. The van der Waals surface area contributed by atoms with Gasteiger partial charge in [-0.2, -0.15) is 0 Å². The summed E-state index contributed by atoms with van der Waals surface area (Å²) in [6, 6.07) is 0.0610. The molecule has 0 bridgehead atoms. The molecule has 0 heterocycles. The molecule has 0 unspecified atom stereocenters. The second-order valence-corrected chi connectivity index (χ2v) is 3.97. The molecule has 0 spiro atoms. The van der Waals surface area contributed by atoms with E-state index in [1.54, 1.807) is 0 Å². The maximum atomic E-state index is 11.2. The highest BCUT2D eigenvalue weighted by Gasteiger charge is 2.21. The average molecular weight is 200 g/mol. The van der Waals surface area contributed by atoms with E-state index < -0.39 is 0 Å². The largest absolute Gasteiger partial charge is 0.381 e. The van der Waals surface area contributed by atoms with Crippen LogP contribution in [0.1, 0.15) is 26.2 Å². The summed E-state index contributed by atoms with van der Waals surface area (Å²) in [5.41, 5.74) is 5.38. The molecule has 0 aromatic rings. The molecule has 0 aromatic heterocycles. The molecule has 1 atom stereocenters. The third-order valence-corrected chi connectivity index (χ3v) is 2.28. The second-order valence-electron chi connectivity index (χ2n) is 3.97. The van der Waals surface area contributed by atoms with Crippen LogP contribution in [0.15, 0.2) is 0 Å². The van der Waals surface area contributed by atoms with Gasteiger partial charge in [0, 0.05) is 25.6 Å². The number of ether oxygens (including phenoxy) is 1. The molecule has 1 fully saturated rings. The average Bonchev–Trinajstić information content (AvgIpc) is 2.96. The van der Waals surface area contributed by atoms with Crippen molar-refractivity contribution in [2.45, 2.75) is 32.2 Å². The van der Waals surface area contributed by atoms with Gasteiger partial charge in [0.25, 0.3) is 0 Å². The van der Waals surface area contributed by atoms with Gasteiger partial charge in [0.05, 0.1) is 6.61 Å². The minimum Gasteiger partial charge on any atom is -0.381 e. The third-order valence-electron chi connectivity index (χ3n) is 2.28. The Labute approximate surface area is 85.2 Å². The normalized spacial score (nSPS) is 17.9. The highest BCUT2D eigenvalue weighted by molar-refractivity contribution is 5.76. The van der Waals surface area contributed by atoms with Gasteiger partial charge in [-0.3, -0.25) is 4.79 Å². The summed E-state index contributed by atoms with van der Waals surface area (Å²) in [5, 5.41) is 2.79. The van der Waals surface area contributed by atoms with E-state index in [4.69, 9.17) is 10.5 Å². The van der Waals surface area contributed by atoms with Crippen LogP contribution in [0.4, 0.5) is 0 Å². The van der Waals surface area contributed by atoms with Gasteiger partial charge in [0.1, 0.15) is 0 Å². The van der Waals surface area contributed by atoms with E-state index in [1.165, 1.54) is 12.8 Å². The zero-order valence-corrected chi connectivity index (χ0v) is 8.79. The Morgan fingerprint density at radius 1 is 1.64 bits per heavy atom. The number of hydrogen-bond acceptors (Lipinski definition) is 3. The van der Waals surface area contributed by atoms with Crippen LogP contribution in [0.5, 0.6) is 0 Å². The van der Waals surface area contributed by atoms with E-state index in [0.29, 0.717) is 19.6 Å². The summed E-state index contributed by atoms with van der Waals surface area (Å²) >= 11 is 0. The Morgan fingerprint density at radius 2 is 2.36 bits per heavy atom. The van der Waals surface area contributed by atoms with Crippen LogP contribution < -0.4 is 11.1 Å². The summed E-state index contributed by atoms with van der Waals surface area (Å²) in [4.78, 5) is 11.2. The van der Waals surface area contributed by atoms with Crippen molar-refractivity contribution in [3.63, 3.8) is 0 Å². The molecule has 1 saturated carbocycles. The lowest BCUT2D eigenvalue weighted by atomic mass is 10.3. The van der Waals surface area contributed by atoms with Gasteiger partial charge in [0.2, 0.25) is 5.91 Å². The lowest BCUT2D eigenvalue weighted by molar-refractivity contribution is -0.122. The Balaban J connectivity index is 1.91. The minimum atomic E-state index is 0.0266. The van der Waals surface area contributed by atoms with E-state index in [2.05, 4.69) is 5.32 Å². The second kappa shape index (κ2) is 5.98. The van der Waals surface area contributed by atoms with Gasteiger partial charge in [-0.05, 0) is 25.7 Å². The molecule has 1 aliphatic carbocycles. The Hall–Kier alpha value is -0.610. The first kappa shape index (κ1) is 11.5. The molecule has 3 N–H and O–H groups in total. The van der Waals surface area contributed by atoms with Crippen molar-refractivity contribution in [1.82, 2.24) is 5.32 Å². The van der Waals surface area contributed by atoms with Crippen LogP contribution in [-0.4, -0.2) is 31.7 Å². The molecular weight excluding hydrogens is 180 g/mol. The minimum absolute atomic E-state index is 0.0266. The maximum absolute atomic E-state index is 11.2. The predicted molar refractivity (Wildman–Crippen MR) is 54.8 cm³/mol. The zero-order valence-electron chi connectivity index (χ0n) is 8.79. The number of nitrogens with two attached hydrogens (primary N) is 1. The molecule has 4 nitrogen and oxygen atoms in total. The topological polar surface area (TPSA) is 64.3 Å². The molecule has 82 valence electrons. The van der Waals surface area contributed by atoms with Crippen molar-refractivity contribution in [3.05, 3.63) is 0 Å². The van der Waals surface area contributed by atoms with Crippen LogP contribution in [0, 0.1) is 5.92 Å². The molecule has 1 aliphatic rings. The standard InChI is InChI=1S/C10H20N2O2/c1-8(6-11)12-10(13)4-5-14-7-9-2-3-9/h8-9H,2-7,11H2,1H3,(H,12,13)/t8-/m1/s1. The molecule has 0 saturated heterocycles. The van der Waals surface area contributed by atoms with Gasteiger partial charge in [-0.25, -0.2) is 0 Å². The Kier molecular flexibility index (Phi) is 4.90. The fraction of sp³-hybridized carbons (Fsp3) is 0.900. The summed E-state index contributed by atoms with van der Waals surface area (Å²) in [6.07, 6.45) is 3.02. The lowest BCUT2D eigenvalue weighted by Gasteiger charge is -2.10. The number of rotatable bonds is 7. The molecule has 1 amide bonds. The smallest absolute Gasteiger partial charge is 0.222 e. The summed E-state index contributed by atoms with van der Waals surface area (Å²) in [5.74, 6) is 0.791. The van der Waals surface area contributed by atoms with Gasteiger partial charge in [-0.15, -0.1) is 0 Å². The maximum Gasteiger partial charge on any atom is 0.222 e. The van der Waals surface area contributed by atoms with Gasteiger partial charge in [-0.1, -0.05) is 0 Å². The van der Waals surface area contributed by atoms with E-state index in [1.807, 2.05) is 6.92 Å².